The molecule has 98 valence electrons. The number of sulfonamides is 1. The van der Waals surface area contributed by atoms with Crippen LogP contribution in [0.15, 0.2) is 17.3 Å². The van der Waals surface area contributed by atoms with Gasteiger partial charge in [-0.1, -0.05) is 0 Å². The van der Waals surface area contributed by atoms with Crippen LogP contribution in [0.2, 0.25) is 0 Å². The van der Waals surface area contributed by atoms with Crippen LogP contribution in [0.1, 0.15) is 0 Å². The van der Waals surface area contributed by atoms with Crippen molar-refractivity contribution < 1.29 is 13.2 Å². The van der Waals surface area contributed by atoms with Gasteiger partial charge in [-0.05, 0) is 0 Å². The Morgan fingerprint density at radius 2 is 2.22 bits per heavy atom. The topological polar surface area (TPSA) is 98.4 Å². The molecule has 3 heterocycles. The monoisotopic (exact) mass is 271 g/mol. The number of hydrogen-bond acceptors (Lipinski definition) is 4. The number of nitrogens with one attached hydrogen (secondary N) is 2. The minimum Gasteiger partial charge on any atom is -0.336 e. The quantitative estimate of drug-likeness (QED) is 0.706. The van der Waals surface area contributed by atoms with Gasteiger partial charge in [0, 0.05) is 32.4 Å². The van der Waals surface area contributed by atoms with E-state index in [2.05, 4.69) is 15.5 Å². The number of fused-ring (bicyclic) bond motifs is 1. The molecule has 1 unspecified atom stereocenters. The molecule has 1 aromatic heterocycles. The van der Waals surface area contributed by atoms with Gasteiger partial charge in [-0.2, -0.15) is 9.40 Å². The molecule has 18 heavy (non-hydrogen) atoms. The van der Waals surface area contributed by atoms with Crippen molar-refractivity contribution in [3.8, 4) is 0 Å². The summed E-state index contributed by atoms with van der Waals surface area (Å²) in [5, 5.41) is 8.87. The van der Waals surface area contributed by atoms with Gasteiger partial charge < -0.3 is 10.2 Å². The molecule has 2 aliphatic rings. The Bertz CT molecular complexity index is 555. The van der Waals surface area contributed by atoms with E-state index in [1.54, 1.807) is 4.90 Å². The Balaban J connectivity index is 1.82. The standard InChI is InChI=1S/C9H13N5O3S/c15-9-10-3-7-6-13(1-2-14(7)9)18(16,17)8-4-11-12-5-8/h4-5,7H,1-3,6H2,(H,10,15)(H,11,12). The highest BCUT2D eigenvalue weighted by Crippen LogP contribution is 2.20. The van der Waals surface area contributed by atoms with Crippen molar-refractivity contribution in [2.45, 2.75) is 10.9 Å². The summed E-state index contributed by atoms with van der Waals surface area (Å²) in [6.45, 7) is 1.56. The number of H-pyrrole nitrogens is 1. The highest BCUT2D eigenvalue weighted by atomic mass is 32.2. The van der Waals surface area contributed by atoms with Crippen LogP contribution in [-0.2, 0) is 10.0 Å². The molecule has 0 bridgehead atoms. The second-order valence-corrected chi connectivity index (χ2v) is 6.27. The second-order valence-electron chi connectivity index (χ2n) is 4.33. The van der Waals surface area contributed by atoms with Crippen LogP contribution in [0.5, 0.6) is 0 Å². The number of amides is 2. The molecule has 2 saturated heterocycles. The fourth-order valence-corrected chi connectivity index (χ4v) is 3.70. The van der Waals surface area contributed by atoms with Crippen molar-refractivity contribution in [2.24, 2.45) is 0 Å². The van der Waals surface area contributed by atoms with Gasteiger partial charge in [0.05, 0.1) is 12.2 Å². The molecule has 2 amide bonds. The summed E-state index contributed by atoms with van der Waals surface area (Å²) < 4.78 is 25.9. The first-order chi connectivity index (χ1) is 8.59. The Hall–Kier alpha value is -1.61. The third-order valence-electron chi connectivity index (χ3n) is 3.31. The van der Waals surface area contributed by atoms with Crippen LogP contribution in [0.3, 0.4) is 0 Å². The second kappa shape index (κ2) is 3.95. The van der Waals surface area contributed by atoms with Crippen LogP contribution in [-0.4, -0.2) is 66.1 Å². The lowest BCUT2D eigenvalue weighted by atomic mass is 10.2. The van der Waals surface area contributed by atoms with Crippen molar-refractivity contribution in [1.82, 2.24) is 24.7 Å². The summed E-state index contributed by atoms with van der Waals surface area (Å²) in [5.41, 5.74) is 0. The van der Waals surface area contributed by atoms with Crippen molar-refractivity contribution in [1.29, 1.82) is 0 Å². The van der Waals surface area contributed by atoms with E-state index >= 15 is 0 Å². The number of piperazine rings is 1. The number of aromatic amines is 1. The highest BCUT2D eigenvalue weighted by molar-refractivity contribution is 7.89. The molecular formula is C9H13N5O3S. The maximum atomic E-state index is 12.3. The minimum atomic E-state index is -3.50. The van der Waals surface area contributed by atoms with Crippen molar-refractivity contribution >= 4 is 16.1 Å². The Morgan fingerprint density at radius 3 is 2.94 bits per heavy atom. The highest BCUT2D eigenvalue weighted by Gasteiger charge is 2.39. The molecule has 3 rings (SSSR count). The average molecular weight is 271 g/mol. The molecule has 2 fully saturated rings. The summed E-state index contributed by atoms with van der Waals surface area (Å²) in [4.78, 5) is 13.3. The van der Waals surface area contributed by atoms with E-state index in [0.29, 0.717) is 26.2 Å². The number of rotatable bonds is 2. The molecule has 8 nitrogen and oxygen atoms in total. The lowest BCUT2D eigenvalue weighted by molar-refractivity contribution is 0.164. The number of urea groups is 1. The van der Waals surface area contributed by atoms with Crippen LogP contribution >= 0.6 is 0 Å². The maximum Gasteiger partial charge on any atom is 0.317 e. The first-order valence-electron chi connectivity index (χ1n) is 5.62. The summed E-state index contributed by atoms with van der Waals surface area (Å²) in [7, 11) is -3.50. The smallest absolute Gasteiger partial charge is 0.317 e. The lowest BCUT2D eigenvalue weighted by Gasteiger charge is -2.35. The molecule has 0 spiro atoms. The molecule has 0 radical (unpaired) electrons. The summed E-state index contributed by atoms with van der Waals surface area (Å²) in [5.74, 6) is 0. The van der Waals surface area contributed by atoms with E-state index in [1.165, 1.54) is 16.7 Å². The van der Waals surface area contributed by atoms with Gasteiger partial charge in [0.25, 0.3) is 0 Å². The van der Waals surface area contributed by atoms with Crippen molar-refractivity contribution in [2.75, 3.05) is 26.2 Å². The largest absolute Gasteiger partial charge is 0.336 e. The van der Waals surface area contributed by atoms with Crippen molar-refractivity contribution in [3.63, 3.8) is 0 Å². The van der Waals surface area contributed by atoms with Crippen LogP contribution in [0.25, 0.3) is 0 Å². The predicted octanol–water partition coefficient (Wildman–Crippen LogP) is -1.19. The van der Waals surface area contributed by atoms with Gasteiger partial charge in [-0.25, -0.2) is 13.2 Å². The normalized spacial score (nSPS) is 25.0. The Labute approximate surface area is 104 Å². The lowest BCUT2D eigenvalue weighted by Crippen LogP contribution is -2.53. The predicted molar refractivity (Wildman–Crippen MR) is 61.2 cm³/mol. The molecule has 2 aliphatic heterocycles. The van der Waals surface area contributed by atoms with Crippen molar-refractivity contribution in [3.05, 3.63) is 12.4 Å². The van der Waals surface area contributed by atoms with Gasteiger partial charge >= 0.3 is 6.03 Å². The van der Waals surface area contributed by atoms with Crippen LogP contribution in [0.4, 0.5) is 4.79 Å². The third-order valence-corrected chi connectivity index (χ3v) is 5.14. The first-order valence-corrected chi connectivity index (χ1v) is 7.06. The molecular weight excluding hydrogens is 258 g/mol. The Kier molecular flexibility index (Phi) is 2.52. The zero-order valence-electron chi connectivity index (χ0n) is 9.54. The van der Waals surface area contributed by atoms with Crippen LogP contribution in [0, 0.1) is 0 Å². The number of carbonyl (C=O) groups excluding carboxylic acids is 1. The van der Waals surface area contributed by atoms with E-state index in [4.69, 9.17) is 0 Å². The molecule has 9 heteroatoms. The zero-order chi connectivity index (χ0) is 12.8. The Morgan fingerprint density at radius 1 is 1.39 bits per heavy atom. The van der Waals surface area contributed by atoms with Gasteiger partial charge in [-0.3, -0.25) is 5.10 Å². The average Bonchev–Trinajstić information content (AvgIpc) is 2.99. The fraction of sp³-hybridized carbons (Fsp3) is 0.556. The molecule has 0 aromatic carbocycles. The van der Waals surface area contributed by atoms with E-state index in [0.717, 1.165) is 0 Å². The molecule has 1 aromatic rings. The summed E-state index contributed by atoms with van der Waals surface area (Å²) >= 11 is 0. The summed E-state index contributed by atoms with van der Waals surface area (Å²) in [6.07, 6.45) is 2.65. The number of hydrogen-bond donors (Lipinski definition) is 2. The zero-order valence-corrected chi connectivity index (χ0v) is 10.4. The third kappa shape index (κ3) is 1.66. The van der Waals surface area contributed by atoms with E-state index in [1.807, 2.05) is 0 Å². The van der Waals surface area contributed by atoms with Gasteiger partial charge in [0.15, 0.2) is 0 Å². The maximum absolute atomic E-state index is 12.3. The fourth-order valence-electron chi connectivity index (χ4n) is 2.32. The molecule has 2 N–H and O–H groups in total. The van der Waals surface area contributed by atoms with Gasteiger partial charge in [-0.15, -0.1) is 0 Å². The molecule has 1 atom stereocenters. The number of aromatic nitrogens is 2. The van der Waals surface area contributed by atoms with Gasteiger partial charge in [0.1, 0.15) is 4.90 Å². The number of carbonyl (C=O) groups is 1. The number of nitrogens with zero attached hydrogens (tertiary/aromatic N) is 3. The van der Waals surface area contributed by atoms with E-state index in [-0.39, 0.29) is 17.0 Å². The minimum absolute atomic E-state index is 0.0760. The van der Waals surface area contributed by atoms with E-state index in [9.17, 15) is 13.2 Å². The SMILES string of the molecule is O=C1NCC2CN(S(=O)(=O)c3cn[nH]c3)CCN12. The van der Waals surface area contributed by atoms with Crippen LogP contribution < -0.4 is 5.32 Å². The van der Waals surface area contributed by atoms with E-state index < -0.39 is 10.0 Å². The molecule has 0 saturated carbocycles. The summed E-state index contributed by atoms with van der Waals surface area (Å²) in [6, 6.07) is -0.187. The first kappa shape index (κ1) is 11.5. The van der Waals surface area contributed by atoms with Gasteiger partial charge in [0.2, 0.25) is 10.0 Å². The molecule has 0 aliphatic carbocycles.